The number of piperazine rings is 1. The molecule has 202 valence electrons. The average molecular weight is 525 g/mol. The molecule has 5 rings (SSSR count). The number of aromatic nitrogens is 3. The molecule has 0 unspecified atom stereocenters. The van der Waals surface area contributed by atoms with E-state index in [9.17, 15) is 14.0 Å². The Bertz CT molecular complexity index is 1230. The maximum absolute atomic E-state index is 13.2. The summed E-state index contributed by atoms with van der Waals surface area (Å²) >= 11 is 0. The minimum Gasteiger partial charge on any atom is -0.355 e. The largest absolute Gasteiger partial charge is 0.355 e. The highest BCUT2D eigenvalue weighted by molar-refractivity contribution is 5.93. The van der Waals surface area contributed by atoms with Crippen LogP contribution in [-0.2, 0) is 17.8 Å². The molecule has 1 aliphatic carbocycles. The van der Waals surface area contributed by atoms with Gasteiger partial charge in [0.05, 0.1) is 6.54 Å². The van der Waals surface area contributed by atoms with Crippen LogP contribution in [0.2, 0.25) is 0 Å². The number of hydrogen-bond donors (Lipinski definition) is 0. The van der Waals surface area contributed by atoms with Crippen LogP contribution in [0.25, 0.3) is 11.3 Å². The van der Waals surface area contributed by atoms with Crippen molar-refractivity contribution in [3.8, 4) is 11.3 Å². The minimum absolute atomic E-state index is 0.120. The molecule has 0 radical (unpaired) electrons. The number of nitrogens with zero attached hydrogens (tertiary/aromatic N) is 6. The van der Waals surface area contributed by atoms with Crippen LogP contribution in [0.4, 0.5) is 4.39 Å². The Morgan fingerprint density at radius 3 is 2.50 bits per heavy atom. The fourth-order valence-electron chi connectivity index (χ4n) is 5.12. The lowest BCUT2D eigenvalue weighted by Crippen LogP contribution is -2.48. The molecule has 0 spiro atoms. The Morgan fingerprint density at radius 1 is 1.03 bits per heavy atom. The number of carbonyl (C=O) groups excluding carboxylic acids is 2. The van der Waals surface area contributed by atoms with Gasteiger partial charge in [0.2, 0.25) is 11.8 Å². The van der Waals surface area contributed by atoms with Crippen LogP contribution in [-0.4, -0.2) is 81.1 Å². The predicted molar refractivity (Wildman–Crippen MR) is 135 cm³/mol. The van der Waals surface area contributed by atoms with Crippen molar-refractivity contribution in [1.82, 2.24) is 30.0 Å². The SMILES string of the molecule is CN(C(=O)CCc1nc(CN2CCN(C(=O)c3cc(-c4ccc(F)cc4)on3)CC2)no1)C1CCCCC1. The van der Waals surface area contributed by atoms with Crippen LogP contribution in [0.3, 0.4) is 0 Å². The summed E-state index contributed by atoms with van der Waals surface area (Å²) in [4.78, 5) is 35.7. The Labute approximate surface area is 220 Å². The van der Waals surface area contributed by atoms with Gasteiger partial charge in [0.25, 0.3) is 5.91 Å². The predicted octanol–water partition coefficient (Wildman–Crippen LogP) is 3.55. The van der Waals surface area contributed by atoms with Gasteiger partial charge in [-0.15, -0.1) is 0 Å². The molecule has 1 saturated carbocycles. The van der Waals surface area contributed by atoms with Gasteiger partial charge in [-0.25, -0.2) is 4.39 Å². The van der Waals surface area contributed by atoms with Crippen LogP contribution >= 0.6 is 0 Å². The Morgan fingerprint density at radius 2 is 1.76 bits per heavy atom. The third-order valence-electron chi connectivity index (χ3n) is 7.46. The van der Waals surface area contributed by atoms with E-state index in [0.29, 0.717) is 74.6 Å². The highest BCUT2D eigenvalue weighted by Gasteiger charge is 2.26. The van der Waals surface area contributed by atoms with E-state index < -0.39 is 0 Å². The standard InChI is InChI=1S/C27H33FN6O4/c1-32(21-5-3-2-4-6-21)26(35)12-11-25-29-24(31-38-25)18-33-13-15-34(16-14-33)27(36)22-17-23(37-30-22)19-7-9-20(28)10-8-19/h7-10,17,21H,2-6,11-16,18H2,1H3. The summed E-state index contributed by atoms with van der Waals surface area (Å²) in [6.45, 7) is 2.89. The summed E-state index contributed by atoms with van der Waals surface area (Å²) in [5, 5.41) is 8.00. The van der Waals surface area contributed by atoms with Crippen molar-refractivity contribution in [2.45, 2.75) is 57.5 Å². The van der Waals surface area contributed by atoms with E-state index in [-0.39, 0.29) is 23.3 Å². The van der Waals surface area contributed by atoms with Crippen LogP contribution in [0.5, 0.6) is 0 Å². The molecule has 0 N–H and O–H groups in total. The van der Waals surface area contributed by atoms with E-state index in [2.05, 4.69) is 20.2 Å². The van der Waals surface area contributed by atoms with Gasteiger partial charge < -0.3 is 18.8 Å². The molecule has 0 atom stereocenters. The molecule has 2 aliphatic rings. The molecular formula is C27H33FN6O4. The van der Waals surface area contributed by atoms with Crippen molar-refractivity contribution in [3.63, 3.8) is 0 Å². The monoisotopic (exact) mass is 524 g/mol. The van der Waals surface area contributed by atoms with E-state index >= 15 is 0 Å². The van der Waals surface area contributed by atoms with Gasteiger partial charge in [0, 0.05) is 63.7 Å². The molecule has 38 heavy (non-hydrogen) atoms. The van der Waals surface area contributed by atoms with E-state index in [1.54, 1.807) is 23.1 Å². The average Bonchev–Trinajstić information content (AvgIpc) is 3.62. The molecule has 2 aromatic heterocycles. The van der Waals surface area contributed by atoms with Crippen molar-refractivity contribution < 1.29 is 23.0 Å². The third-order valence-corrected chi connectivity index (χ3v) is 7.46. The van der Waals surface area contributed by atoms with Crippen molar-refractivity contribution in [1.29, 1.82) is 0 Å². The second kappa shape index (κ2) is 11.8. The first-order valence-corrected chi connectivity index (χ1v) is 13.3. The second-order valence-corrected chi connectivity index (χ2v) is 10.1. The summed E-state index contributed by atoms with van der Waals surface area (Å²) in [6, 6.07) is 7.77. The van der Waals surface area contributed by atoms with Crippen LogP contribution < -0.4 is 0 Å². The number of aryl methyl sites for hydroxylation is 1. The van der Waals surface area contributed by atoms with Crippen LogP contribution in [0.1, 0.15) is 60.7 Å². The zero-order chi connectivity index (χ0) is 26.5. The zero-order valence-electron chi connectivity index (χ0n) is 21.6. The van der Waals surface area contributed by atoms with Crippen LogP contribution in [0, 0.1) is 5.82 Å². The number of hydrogen-bond acceptors (Lipinski definition) is 8. The fraction of sp³-hybridized carbons (Fsp3) is 0.519. The molecule has 10 nitrogen and oxygen atoms in total. The number of rotatable bonds is 8. The van der Waals surface area contributed by atoms with Gasteiger partial charge in [-0.05, 0) is 37.1 Å². The molecule has 1 saturated heterocycles. The number of amides is 2. The number of benzene rings is 1. The topological polar surface area (TPSA) is 109 Å². The molecule has 1 aliphatic heterocycles. The molecule has 1 aromatic carbocycles. The molecule has 0 bridgehead atoms. The number of carbonyl (C=O) groups is 2. The third kappa shape index (κ3) is 6.27. The molecule has 11 heteroatoms. The summed E-state index contributed by atoms with van der Waals surface area (Å²) < 4.78 is 23.8. The summed E-state index contributed by atoms with van der Waals surface area (Å²) in [5.41, 5.74) is 0.882. The minimum atomic E-state index is -0.340. The molecular weight excluding hydrogens is 491 g/mol. The molecule has 2 fully saturated rings. The van der Waals surface area contributed by atoms with Crippen LogP contribution in [0.15, 0.2) is 39.4 Å². The van der Waals surface area contributed by atoms with Gasteiger partial charge >= 0.3 is 0 Å². The zero-order valence-corrected chi connectivity index (χ0v) is 21.6. The summed E-state index contributed by atoms with van der Waals surface area (Å²) in [6.07, 6.45) is 6.61. The number of halogens is 1. The smallest absolute Gasteiger partial charge is 0.276 e. The summed E-state index contributed by atoms with van der Waals surface area (Å²) in [7, 11) is 1.90. The second-order valence-electron chi connectivity index (χ2n) is 10.1. The Kier molecular flexibility index (Phi) is 8.11. The van der Waals surface area contributed by atoms with Gasteiger partial charge in [0.15, 0.2) is 17.3 Å². The fourth-order valence-corrected chi connectivity index (χ4v) is 5.12. The van der Waals surface area contributed by atoms with Gasteiger partial charge in [0.1, 0.15) is 5.82 Å². The van der Waals surface area contributed by atoms with Crippen molar-refractivity contribution >= 4 is 11.8 Å². The Balaban J connectivity index is 1.06. The van der Waals surface area contributed by atoms with E-state index in [1.165, 1.54) is 31.4 Å². The van der Waals surface area contributed by atoms with E-state index in [4.69, 9.17) is 9.05 Å². The van der Waals surface area contributed by atoms with Gasteiger partial charge in [-0.3, -0.25) is 14.5 Å². The van der Waals surface area contributed by atoms with E-state index in [0.717, 1.165) is 12.8 Å². The quantitative estimate of drug-likeness (QED) is 0.440. The molecule has 2 amide bonds. The Hall–Kier alpha value is -3.60. The lowest BCUT2D eigenvalue weighted by molar-refractivity contribution is -0.132. The van der Waals surface area contributed by atoms with Gasteiger partial charge in [-0.2, -0.15) is 4.98 Å². The molecule has 3 aromatic rings. The molecule has 3 heterocycles. The normalized spacial score (nSPS) is 17.1. The van der Waals surface area contributed by atoms with Crippen molar-refractivity contribution in [3.05, 3.63) is 53.6 Å². The van der Waals surface area contributed by atoms with Crippen molar-refractivity contribution in [2.24, 2.45) is 0 Å². The first kappa shape index (κ1) is 26.0. The summed E-state index contributed by atoms with van der Waals surface area (Å²) in [5.74, 6) is 1.05. The lowest BCUT2D eigenvalue weighted by Gasteiger charge is -2.33. The maximum atomic E-state index is 13.2. The first-order valence-electron chi connectivity index (χ1n) is 13.3. The van der Waals surface area contributed by atoms with Crippen molar-refractivity contribution in [2.75, 3.05) is 33.2 Å². The lowest BCUT2D eigenvalue weighted by atomic mass is 9.94. The van der Waals surface area contributed by atoms with E-state index in [1.807, 2.05) is 11.9 Å². The highest BCUT2D eigenvalue weighted by atomic mass is 19.1. The van der Waals surface area contributed by atoms with Gasteiger partial charge in [-0.1, -0.05) is 29.6 Å². The maximum Gasteiger partial charge on any atom is 0.276 e. The highest BCUT2D eigenvalue weighted by Crippen LogP contribution is 2.23. The first-order chi connectivity index (χ1) is 18.5.